The monoisotopic (exact) mass is 375 g/mol. The summed E-state index contributed by atoms with van der Waals surface area (Å²) in [6, 6.07) is 3.44. The van der Waals surface area contributed by atoms with Gasteiger partial charge in [0.05, 0.1) is 29.2 Å². The van der Waals surface area contributed by atoms with Crippen LogP contribution in [0, 0.1) is 10.1 Å². The Labute approximate surface area is 155 Å². The summed E-state index contributed by atoms with van der Waals surface area (Å²) in [7, 11) is 3.89. The van der Waals surface area contributed by atoms with E-state index in [2.05, 4.69) is 9.88 Å². The SMILES string of the molecule is CN(C)c1ncc2c(n1)[C@]1(CCN(Cc3ccc([N+](=O)[O-])s3)C1)COC2. The Bertz CT molecular complexity index is 840. The molecule has 0 saturated carbocycles. The molecule has 1 atom stereocenters. The van der Waals surface area contributed by atoms with Crippen LogP contribution in [0.3, 0.4) is 0 Å². The third-order valence-corrected chi connectivity index (χ3v) is 6.05. The third-order valence-electron chi connectivity index (χ3n) is 5.03. The predicted octanol–water partition coefficient (Wildman–Crippen LogP) is 2.19. The van der Waals surface area contributed by atoms with Crippen molar-refractivity contribution >= 4 is 22.3 Å². The van der Waals surface area contributed by atoms with E-state index in [1.54, 1.807) is 6.07 Å². The smallest absolute Gasteiger partial charge is 0.324 e. The highest BCUT2D eigenvalue weighted by atomic mass is 32.1. The molecule has 8 nitrogen and oxygen atoms in total. The Balaban J connectivity index is 1.56. The molecule has 26 heavy (non-hydrogen) atoms. The zero-order chi connectivity index (χ0) is 18.3. The fourth-order valence-corrected chi connectivity index (χ4v) is 4.64. The van der Waals surface area contributed by atoms with E-state index >= 15 is 0 Å². The summed E-state index contributed by atoms with van der Waals surface area (Å²) in [5.41, 5.74) is 2.04. The Morgan fingerprint density at radius 3 is 3.04 bits per heavy atom. The molecule has 2 aromatic heterocycles. The van der Waals surface area contributed by atoms with Crippen LogP contribution in [0.1, 0.15) is 22.6 Å². The number of likely N-dealkylation sites (tertiary alicyclic amines) is 1. The number of hydrogen-bond acceptors (Lipinski definition) is 8. The van der Waals surface area contributed by atoms with E-state index in [0.29, 0.717) is 13.2 Å². The molecule has 2 aromatic rings. The maximum Gasteiger partial charge on any atom is 0.324 e. The summed E-state index contributed by atoms with van der Waals surface area (Å²) in [5, 5.41) is 11.1. The largest absolute Gasteiger partial charge is 0.376 e. The second-order valence-electron chi connectivity index (χ2n) is 7.17. The Hall–Kier alpha value is -2.10. The molecule has 9 heteroatoms. The van der Waals surface area contributed by atoms with Crippen LogP contribution in [-0.2, 0) is 23.3 Å². The second kappa shape index (κ2) is 6.57. The standard InChI is InChI=1S/C17H21N5O3S/c1-20(2)16-18-7-12-9-25-11-17(15(12)19-16)5-6-21(10-17)8-13-3-4-14(26-13)22(23)24/h3-4,7H,5-6,8-11H2,1-2H3/t17-/m0/s1. The van der Waals surface area contributed by atoms with Gasteiger partial charge in [0.1, 0.15) is 0 Å². The molecule has 1 fully saturated rings. The first kappa shape index (κ1) is 17.3. The van der Waals surface area contributed by atoms with E-state index in [0.717, 1.165) is 48.1 Å². The van der Waals surface area contributed by atoms with Gasteiger partial charge < -0.3 is 9.64 Å². The molecule has 0 N–H and O–H groups in total. The van der Waals surface area contributed by atoms with Crippen molar-refractivity contribution in [2.45, 2.75) is 25.0 Å². The first-order valence-electron chi connectivity index (χ1n) is 8.54. The van der Waals surface area contributed by atoms with Crippen LogP contribution in [0.4, 0.5) is 10.9 Å². The van der Waals surface area contributed by atoms with Crippen molar-refractivity contribution < 1.29 is 9.66 Å². The number of nitro groups is 1. The van der Waals surface area contributed by atoms with Gasteiger partial charge in [-0.1, -0.05) is 11.3 Å². The second-order valence-corrected chi connectivity index (χ2v) is 8.32. The summed E-state index contributed by atoms with van der Waals surface area (Å²) in [5.74, 6) is 0.720. The number of nitrogens with zero attached hydrogens (tertiary/aromatic N) is 5. The minimum atomic E-state index is -0.329. The van der Waals surface area contributed by atoms with Gasteiger partial charge in [0, 0.05) is 49.9 Å². The topological polar surface area (TPSA) is 84.6 Å². The molecule has 0 radical (unpaired) electrons. The van der Waals surface area contributed by atoms with Crippen LogP contribution >= 0.6 is 11.3 Å². The fourth-order valence-electron chi connectivity index (χ4n) is 3.78. The summed E-state index contributed by atoms with van der Waals surface area (Å²) < 4.78 is 5.86. The number of aromatic nitrogens is 2. The summed E-state index contributed by atoms with van der Waals surface area (Å²) in [4.78, 5) is 25.1. The van der Waals surface area contributed by atoms with E-state index < -0.39 is 0 Å². The van der Waals surface area contributed by atoms with Gasteiger partial charge in [-0.3, -0.25) is 15.0 Å². The van der Waals surface area contributed by atoms with Crippen LogP contribution < -0.4 is 4.90 Å². The number of anilines is 1. The number of hydrogen-bond donors (Lipinski definition) is 0. The Morgan fingerprint density at radius 2 is 2.31 bits per heavy atom. The van der Waals surface area contributed by atoms with E-state index in [4.69, 9.17) is 9.72 Å². The summed E-state index contributed by atoms with van der Waals surface area (Å²) in [6.07, 6.45) is 2.85. The van der Waals surface area contributed by atoms with Gasteiger partial charge in [-0.05, 0) is 19.0 Å². The zero-order valence-electron chi connectivity index (χ0n) is 14.8. The minimum absolute atomic E-state index is 0.121. The molecule has 2 aliphatic heterocycles. The van der Waals surface area contributed by atoms with Crippen molar-refractivity contribution in [2.75, 3.05) is 38.7 Å². The number of ether oxygens (including phenoxy) is 1. The van der Waals surface area contributed by atoms with Crippen LogP contribution in [-0.4, -0.2) is 53.6 Å². The van der Waals surface area contributed by atoms with Gasteiger partial charge in [-0.25, -0.2) is 9.97 Å². The Morgan fingerprint density at radius 1 is 1.46 bits per heavy atom. The van der Waals surface area contributed by atoms with Crippen LogP contribution in [0.25, 0.3) is 0 Å². The van der Waals surface area contributed by atoms with Gasteiger partial charge >= 0.3 is 5.00 Å². The highest BCUT2D eigenvalue weighted by molar-refractivity contribution is 7.15. The number of rotatable bonds is 4. The molecule has 4 rings (SSSR count). The quantitative estimate of drug-likeness (QED) is 0.598. The summed E-state index contributed by atoms with van der Waals surface area (Å²) >= 11 is 1.25. The van der Waals surface area contributed by atoms with Crippen molar-refractivity contribution in [3.05, 3.63) is 44.6 Å². The lowest BCUT2D eigenvalue weighted by Crippen LogP contribution is -2.40. The van der Waals surface area contributed by atoms with Crippen LogP contribution in [0.15, 0.2) is 18.3 Å². The van der Waals surface area contributed by atoms with E-state index in [1.165, 1.54) is 11.3 Å². The lowest BCUT2D eigenvalue weighted by Gasteiger charge is -2.34. The molecule has 138 valence electrons. The first-order valence-corrected chi connectivity index (χ1v) is 9.35. The normalized spacial score (nSPS) is 22.5. The van der Waals surface area contributed by atoms with Crippen molar-refractivity contribution in [1.82, 2.24) is 14.9 Å². The van der Waals surface area contributed by atoms with Gasteiger partial charge in [0.25, 0.3) is 0 Å². The molecule has 0 bridgehead atoms. The lowest BCUT2D eigenvalue weighted by molar-refractivity contribution is -0.380. The van der Waals surface area contributed by atoms with Gasteiger partial charge in [0.2, 0.25) is 5.95 Å². The fraction of sp³-hybridized carbons (Fsp3) is 0.529. The summed E-state index contributed by atoms with van der Waals surface area (Å²) in [6.45, 7) is 3.71. The van der Waals surface area contributed by atoms with Crippen molar-refractivity contribution in [1.29, 1.82) is 0 Å². The highest BCUT2D eigenvalue weighted by Gasteiger charge is 2.45. The van der Waals surface area contributed by atoms with E-state index in [1.807, 2.05) is 31.3 Å². The van der Waals surface area contributed by atoms with Gasteiger partial charge in [0.15, 0.2) is 0 Å². The van der Waals surface area contributed by atoms with Crippen LogP contribution in [0.5, 0.6) is 0 Å². The average Bonchev–Trinajstić information content (AvgIpc) is 3.23. The third kappa shape index (κ3) is 3.06. The molecule has 0 aliphatic carbocycles. The van der Waals surface area contributed by atoms with Gasteiger partial charge in [-0.2, -0.15) is 0 Å². The average molecular weight is 375 g/mol. The van der Waals surface area contributed by atoms with Crippen LogP contribution in [0.2, 0.25) is 0 Å². The molecule has 2 aliphatic rings. The maximum absolute atomic E-state index is 10.9. The lowest BCUT2D eigenvalue weighted by atomic mass is 9.80. The molecule has 4 heterocycles. The molecule has 0 aromatic carbocycles. The van der Waals surface area contributed by atoms with Crippen molar-refractivity contribution in [3.63, 3.8) is 0 Å². The minimum Gasteiger partial charge on any atom is -0.376 e. The molecular weight excluding hydrogens is 354 g/mol. The molecule has 0 amide bonds. The number of thiophene rings is 1. The maximum atomic E-state index is 10.9. The first-order chi connectivity index (χ1) is 12.5. The molecule has 1 saturated heterocycles. The predicted molar refractivity (Wildman–Crippen MR) is 98.6 cm³/mol. The van der Waals surface area contributed by atoms with E-state index in [9.17, 15) is 10.1 Å². The van der Waals surface area contributed by atoms with Crippen molar-refractivity contribution in [2.24, 2.45) is 0 Å². The Kier molecular flexibility index (Phi) is 4.37. The molecule has 1 spiro atoms. The van der Waals surface area contributed by atoms with Gasteiger partial charge in [-0.15, -0.1) is 0 Å². The van der Waals surface area contributed by atoms with Crippen molar-refractivity contribution in [3.8, 4) is 0 Å². The zero-order valence-corrected chi connectivity index (χ0v) is 15.7. The van der Waals surface area contributed by atoms with E-state index in [-0.39, 0.29) is 15.3 Å². The molecule has 0 unspecified atom stereocenters. The molecular formula is C17H21N5O3S. The number of fused-ring (bicyclic) bond motifs is 2. The highest BCUT2D eigenvalue weighted by Crippen LogP contribution is 2.40.